The molecule has 138 valence electrons. The van der Waals surface area contributed by atoms with Crippen molar-refractivity contribution in [2.75, 3.05) is 0 Å². The smallest absolute Gasteiger partial charge is 0.341 e. The maximum absolute atomic E-state index is 12.2. The lowest BCUT2D eigenvalue weighted by atomic mass is 9.96. The molecule has 1 aliphatic carbocycles. The van der Waals surface area contributed by atoms with E-state index in [0.717, 1.165) is 25.7 Å². The minimum atomic E-state index is -1.17. The van der Waals surface area contributed by atoms with Gasteiger partial charge in [-0.1, -0.05) is 24.4 Å². The second kappa shape index (κ2) is 7.99. The second-order valence-electron chi connectivity index (χ2n) is 6.49. The fraction of sp³-hybridized carbons (Fsp3) is 0.444. The van der Waals surface area contributed by atoms with Gasteiger partial charge in [0, 0.05) is 24.0 Å². The number of carbonyl (C=O) groups is 2. The van der Waals surface area contributed by atoms with Crippen LogP contribution in [0.15, 0.2) is 29.0 Å². The van der Waals surface area contributed by atoms with Gasteiger partial charge >= 0.3 is 12.0 Å². The van der Waals surface area contributed by atoms with Crippen molar-refractivity contribution in [2.24, 2.45) is 0 Å². The lowest BCUT2D eigenvalue weighted by molar-refractivity contribution is 0.0693. The van der Waals surface area contributed by atoms with Crippen molar-refractivity contribution >= 4 is 12.0 Å². The molecule has 1 saturated carbocycles. The van der Waals surface area contributed by atoms with Gasteiger partial charge in [-0.05, 0) is 31.9 Å². The highest BCUT2D eigenvalue weighted by molar-refractivity contribution is 5.96. The third-order valence-corrected chi connectivity index (χ3v) is 4.55. The van der Waals surface area contributed by atoms with Crippen molar-refractivity contribution in [3.05, 3.63) is 35.9 Å². The summed E-state index contributed by atoms with van der Waals surface area (Å²) in [4.78, 5) is 27.9. The van der Waals surface area contributed by atoms with E-state index in [1.54, 1.807) is 25.3 Å². The number of amides is 2. The monoisotopic (exact) mass is 358 g/mol. The van der Waals surface area contributed by atoms with E-state index >= 15 is 0 Å². The molecule has 2 aromatic rings. The van der Waals surface area contributed by atoms with Gasteiger partial charge in [-0.3, -0.25) is 4.98 Å². The molecule has 1 atom stereocenters. The van der Waals surface area contributed by atoms with Gasteiger partial charge in [-0.25, -0.2) is 9.59 Å². The Hall–Kier alpha value is -2.90. The fourth-order valence-corrected chi connectivity index (χ4v) is 3.24. The number of carbonyl (C=O) groups excluding carboxylic acids is 1. The van der Waals surface area contributed by atoms with Gasteiger partial charge in [0.25, 0.3) is 0 Å². The molecule has 1 aliphatic rings. The highest BCUT2D eigenvalue weighted by Gasteiger charge is 2.28. The lowest BCUT2D eigenvalue weighted by Crippen LogP contribution is -2.43. The van der Waals surface area contributed by atoms with Crippen LogP contribution in [0, 0.1) is 0 Å². The summed E-state index contributed by atoms with van der Waals surface area (Å²) in [5.74, 6) is -1.06. The first kappa shape index (κ1) is 17.9. The molecule has 8 nitrogen and oxygen atoms in total. The molecular formula is C18H22N4O4. The molecule has 3 rings (SSSR count). The molecule has 2 heterocycles. The van der Waals surface area contributed by atoms with Gasteiger partial charge in [0.1, 0.15) is 11.3 Å². The summed E-state index contributed by atoms with van der Waals surface area (Å²) in [6.45, 7) is 1.67. The molecular weight excluding hydrogens is 336 g/mol. The zero-order valence-corrected chi connectivity index (χ0v) is 14.6. The van der Waals surface area contributed by atoms with Crippen LogP contribution in [0.25, 0.3) is 11.3 Å². The van der Waals surface area contributed by atoms with Crippen LogP contribution in [0.5, 0.6) is 0 Å². The molecule has 1 fully saturated rings. The Bertz CT molecular complexity index is 769. The van der Waals surface area contributed by atoms with Crippen molar-refractivity contribution in [1.29, 1.82) is 0 Å². The third-order valence-electron chi connectivity index (χ3n) is 4.55. The van der Waals surface area contributed by atoms with Gasteiger partial charge < -0.3 is 20.3 Å². The molecule has 2 amide bonds. The Balaban J connectivity index is 1.74. The van der Waals surface area contributed by atoms with Crippen molar-refractivity contribution in [3.63, 3.8) is 0 Å². The number of nitrogens with one attached hydrogen (secondary N) is 2. The zero-order chi connectivity index (χ0) is 18.5. The summed E-state index contributed by atoms with van der Waals surface area (Å²) in [5.41, 5.74) is 0.671. The Labute approximate surface area is 151 Å². The molecule has 0 saturated heterocycles. The summed E-state index contributed by atoms with van der Waals surface area (Å²) in [6.07, 6.45) is 8.46. The fourth-order valence-electron chi connectivity index (χ4n) is 3.24. The highest BCUT2D eigenvalue weighted by Crippen LogP contribution is 2.28. The predicted octanol–water partition coefficient (Wildman–Crippen LogP) is 3.13. The van der Waals surface area contributed by atoms with Crippen LogP contribution < -0.4 is 10.6 Å². The Morgan fingerprint density at radius 2 is 2.08 bits per heavy atom. The van der Waals surface area contributed by atoms with Gasteiger partial charge in [0.2, 0.25) is 0 Å². The van der Waals surface area contributed by atoms with Crippen LogP contribution >= 0.6 is 0 Å². The first-order valence-corrected chi connectivity index (χ1v) is 8.76. The van der Waals surface area contributed by atoms with Gasteiger partial charge in [-0.2, -0.15) is 0 Å². The Morgan fingerprint density at radius 3 is 2.73 bits per heavy atom. The molecule has 0 radical (unpaired) electrons. The molecule has 3 N–H and O–H groups in total. The third kappa shape index (κ3) is 4.01. The molecule has 0 aromatic carbocycles. The number of aromatic carboxylic acids is 1. The number of nitrogens with zero attached hydrogens (tertiary/aromatic N) is 2. The number of aromatic nitrogens is 2. The van der Waals surface area contributed by atoms with E-state index in [1.165, 1.54) is 12.6 Å². The number of pyridine rings is 1. The maximum atomic E-state index is 12.2. The maximum Gasteiger partial charge on any atom is 0.341 e. The molecule has 26 heavy (non-hydrogen) atoms. The summed E-state index contributed by atoms with van der Waals surface area (Å²) < 4.78 is 5.26. The average molecular weight is 358 g/mol. The van der Waals surface area contributed by atoms with E-state index in [1.807, 2.05) is 0 Å². The number of hydrogen-bond donors (Lipinski definition) is 3. The van der Waals surface area contributed by atoms with Crippen LogP contribution in [0.1, 0.15) is 61.2 Å². The predicted molar refractivity (Wildman–Crippen MR) is 93.6 cm³/mol. The first-order chi connectivity index (χ1) is 12.6. The summed E-state index contributed by atoms with van der Waals surface area (Å²) in [5, 5.41) is 19.2. The Kier molecular flexibility index (Phi) is 5.50. The zero-order valence-electron chi connectivity index (χ0n) is 14.6. The quantitative estimate of drug-likeness (QED) is 0.756. The molecule has 8 heteroatoms. The minimum absolute atomic E-state index is 0.0662. The summed E-state index contributed by atoms with van der Waals surface area (Å²) >= 11 is 0. The SMILES string of the molecule is C[C@@H](NC(=O)NC1CCCCC1)c1onc(-c2cccnc2)c1C(=O)O. The van der Waals surface area contributed by atoms with Gasteiger partial charge in [0.15, 0.2) is 5.76 Å². The number of carboxylic acids is 1. The molecule has 0 unspecified atom stereocenters. The highest BCUT2D eigenvalue weighted by atomic mass is 16.5. The van der Waals surface area contributed by atoms with Crippen molar-refractivity contribution in [2.45, 2.75) is 51.1 Å². The first-order valence-electron chi connectivity index (χ1n) is 8.76. The van der Waals surface area contributed by atoms with E-state index in [2.05, 4.69) is 20.8 Å². The minimum Gasteiger partial charge on any atom is -0.477 e. The van der Waals surface area contributed by atoms with E-state index < -0.39 is 12.0 Å². The topological polar surface area (TPSA) is 117 Å². The normalized spacial score (nSPS) is 16.0. The van der Waals surface area contributed by atoms with Crippen LogP contribution in [0.3, 0.4) is 0 Å². The van der Waals surface area contributed by atoms with Gasteiger partial charge in [0.05, 0.1) is 6.04 Å². The molecule has 0 spiro atoms. The Morgan fingerprint density at radius 1 is 1.31 bits per heavy atom. The standard InChI is InChI=1S/C18H22N4O4/c1-11(20-18(25)21-13-7-3-2-4-8-13)16-14(17(23)24)15(22-26-16)12-6-5-9-19-10-12/h5-6,9-11,13H,2-4,7-8H2,1H3,(H,23,24)(H2,20,21,25)/t11-/m1/s1. The second-order valence-corrected chi connectivity index (χ2v) is 6.49. The van der Waals surface area contributed by atoms with E-state index in [0.29, 0.717) is 5.56 Å². The van der Waals surface area contributed by atoms with E-state index in [4.69, 9.17) is 4.52 Å². The van der Waals surface area contributed by atoms with Crippen molar-refractivity contribution in [1.82, 2.24) is 20.8 Å². The van der Waals surface area contributed by atoms with Crippen LogP contribution in [0.4, 0.5) is 4.79 Å². The summed E-state index contributed by atoms with van der Waals surface area (Å²) in [7, 11) is 0. The number of rotatable bonds is 5. The number of hydrogen-bond acceptors (Lipinski definition) is 5. The van der Waals surface area contributed by atoms with Gasteiger partial charge in [-0.15, -0.1) is 0 Å². The van der Waals surface area contributed by atoms with Crippen molar-refractivity contribution < 1.29 is 19.2 Å². The summed E-state index contributed by atoms with van der Waals surface area (Å²) in [6, 6.07) is 2.59. The lowest BCUT2D eigenvalue weighted by Gasteiger charge is -2.23. The van der Waals surface area contributed by atoms with E-state index in [9.17, 15) is 14.7 Å². The largest absolute Gasteiger partial charge is 0.477 e. The molecule has 0 aliphatic heterocycles. The van der Waals surface area contributed by atoms with Crippen LogP contribution in [0.2, 0.25) is 0 Å². The van der Waals surface area contributed by atoms with Crippen molar-refractivity contribution in [3.8, 4) is 11.3 Å². The average Bonchev–Trinajstić information content (AvgIpc) is 3.08. The number of urea groups is 1. The van der Waals surface area contributed by atoms with Crippen LogP contribution in [-0.4, -0.2) is 33.3 Å². The van der Waals surface area contributed by atoms with E-state index in [-0.39, 0.29) is 29.1 Å². The number of carboxylic acid groups (broad SMARTS) is 1. The molecule has 0 bridgehead atoms. The van der Waals surface area contributed by atoms with Crippen LogP contribution in [-0.2, 0) is 0 Å². The molecule has 2 aromatic heterocycles.